The maximum atomic E-state index is 9.50. The smallest absolute Gasteiger partial charge is 0.133 e. The largest absolute Gasteiger partial charge is 0.374 e. The quantitative estimate of drug-likeness (QED) is 0.631. The van der Waals surface area contributed by atoms with Gasteiger partial charge in [-0.15, -0.1) is 0 Å². The van der Waals surface area contributed by atoms with E-state index < -0.39 is 6.23 Å². The van der Waals surface area contributed by atoms with Crippen LogP contribution in [0.2, 0.25) is 0 Å². The van der Waals surface area contributed by atoms with Crippen molar-refractivity contribution in [1.29, 1.82) is 0 Å². The van der Waals surface area contributed by atoms with Gasteiger partial charge in [-0.05, 0) is 31.8 Å². The highest BCUT2D eigenvalue weighted by atomic mass is 16.3. The summed E-state index contributed by atoms with van der Waals surface area (Å²) in [5.74, 6) is 0. The van der Waals surface area contributed by atoms with Crippen LogP contribution in [-0.4, -0.2) is 29.1 Å². The Bertz CT molecular complexity index is 211. The number of hydrogen-bond acceptors (Lipinski definition) is 3. The van der Waals surface area contributed by atoms with E-state index in [4.69, 9.17) is 0 Å². The molecule has 60 valence electrons. The second kappa shape index (κ2) is 3.46. The average Bonchev–Trinajstić information content (AvgIpc) is 2.05. The van der Waals surface area contributed by atoms with E-state index in [1.54, 1.807) is 29.4 Å². The Kier molecular flexibility index (Phi) is 2.57. The summed E-state index contributed by atoms with van der Waals surface area (Å²) in [4.78, 5) is 5.59. The third kappa shape index (κ3) is 2.00. The van der Waals surface area contributed by atoms with Gasteiger partial charge in [0, 0.05) is 12.4 Å². The van der Waals surface area contributed by atoms with E-state index in [0.29, 0.717) is 0 Å². The summed E-state index contributed by atoms with van der Waals surface area (Å²) in [6.07, 6.45) is 2.81. The molecule has 0 saturated carbocycles. The van der Waals surface area contributed by atoms with Crippen LogP contribution in [0.3, 0.4) is 0 Å². The van der Waals surface area contributed by atoms with Gasteiger partial charge in [-0.2, -0.15) is 0 Å². The Morgan fingerprint density at radius 2 is 1.91 bits per heavy atom. The third-order valence-corrected chi connectivity index (χ3v) is 1.49. The number of aromatic nitrogens is 1. The lowest BCUT2D eigenvalue weighted by Gasteiger charge is -2.17. The molecule has 0 radical (unpaired) electrons. The van der Waals surface area contributed by atoms with Crippen LogP contribution in [0, 0.1) is 0 Å². The first-order valence-electron chi connectivity index (χ1n) is 3.46. The summed E-state index contributed by atoms with van der Waals surface area (Å²) in [6.45, 7) is 0. The SMILES string of the molecule is CN(C)C(O)c1ccncc1. The first-order chi connectivity index (χ1) is 5.22. The highest BCUT2D eigenvalue weighted by Gasteiger charge is 2.07. The third-order valence-electron chi connectivity index (χ3n) is 1.49. The minimum absolute atomic E-state index is 0.530. The molecule has 0 aromatic carbocycles. The van der Waals surface area contributed by atoms with Crippen LogP contribution >= 0.6 is 0 Å². The number of hydrogen-bond donors (Lipinski definition) is 1. The van der Waals surface area contributed by atoms with Crippen LogP contribution in [0.1, 0.15) is 11.8 Å². The second-order valence-electron chi connectivity index (χ2n) is 2.62. The minimum Gasteiger partial charge on any atom is -0.374 e. The van der Waals surface area contributed by atoms with Gasteiger partial charge in [0.05, 0.1) is 0 Å². The molecule has 3 heteroatoms. The van der Waals surface area contributed by atoms with Crippen LogP contribution in [0.4, 0.5) is 0 Å². The topological polar surface area (TPSA) is 36.4 Å². The monoisotopic (exact) mass is 152 g/mol. The standard InChI is InChI=1S/C8H12N2O/c1-10(2)8(11)7-3-5-9-6-4-7/h3-6,8,11H,1-2H3. The summed E-state index contributed by atoms with van der Waals surface area (Å²) in [6, 6.07) is 3.59. The maximum Gasteiger partial charge on any atom is 0.133 e. The number of rotatable bonds is 2. The molecule has 1 aromatic rings. The molecule has 1 aromatic heterocycles. The molecule has 0 spiro atoms. The summed E-state index contributed by atoms with van der Waals surface area (Å²) < 4.78 is 0. The van der Waals surface area contributed by atoms with Crippen molar-refractivity contribution in [2.45, 2.75) is 6.23 Å². The van der Waals surface area contributed by atoms with Crippen LogP contribution in [0.15, 0.2) is 24.5 Å². The van der Waals surface area contributed by atoms with E-state index in [9.17, 15) is 5.11 Å². The van der Waals surface area contributed by atoms with Gasteiger partial charge in [-0.25, -0.2) is 0 Å². The fraction of sp³-hybridized carbons (Fsp3) is 0.375. The average molecular weight is 152 g/mol. The lowest BCUT2D eigenvalue weighted by atomic mass is 10.2. The molecule has 0 fully saturated rings. The number of nitrogens with zero attached hydrogens (tertiary/aromatic N) is 2. The van der Waals surface area contributed by atoms with Crippen molar-refractivity contribution < 1.29 is 5.11 Å². The second-order valence-corrected chi connectivity index (χ2v) is 2.62. The van der Waals surface area contributed by atoms with Gasteiger partial charge >= 0.3 is 0 Å². The highest BCUT2D eigenvalue weighted by Crippen LogP contribution is 2.12. The molecule has 0 amide bonds. The summed E-state index contributed by atoms with van der Waals surface area (Å²) >= 11 is 0. The number of aliphatic hydroxyl groups is 1. The van der Waals surface area contributed by atoms with Crippen LogP contribution in [0.25, 0.3) is 0 Å². The Hall–Kier alpha value is -0.930. The molecule has 1 unspecified atom stereocenters. The van der Waals surface area contributed by atoms with E-state index in [0.717, 1.165) is 5.56 Å². The fourth-order valence-corrected chi connectivity index (χ4v) is 0.834. The van der Waals surface area contributed by atoms with Crippen LogP contribution < -0.4 is 0 Å². The fourth-order valence-electron chi connectivity index (χ4n) is 0.834. The van der Waals surface area contributed by atoms with E-state index >= 15 is 0 Å². The number of aliphatic hydroxyl groups excluding tert-OH is 1. The minimum atomic E-state index is -0.530. The molecule has 1 rings (SSSR count). The van der Waals surface area contributed by atoms with Gasteiger partial charge in [0.15, 0.2) is 0 Å². The number of pyridine rings is 1. The Balaban J connectivity index is 2.77. The normalized spacial score (nSPS) is 13.5. The van der Waals surface area contributed by atoms with Gasteiger partial charge in [0.1, 0.15) is 6.23 Å². The van der Waals surface area contributed by atoms with Crippen LogP contribution in [-0.2, 0) is 0 Å². The molecule has 1 atom stereocenters. The van der Waals surface area contributed by atoms with Gasteiger partial charge in [-0.3, -0.25) is 9.88 Å². The lowest BCUT2D eigenvalue weighted by Crippen LogP contribution is -2.18. The molecule has 3 nitrogen and oxygen atoms in total. The van der Waals surface area contributed by atoms with Crippen molar-refractivity contribution in [1.82, 2.24) is 9.88 Å². The van der Waals surface area contributed by atoms with E-state index in [1.165, 1.54) is 0 Å². The zero-order valence-electron chi connectivity index (χ0n) is 6.73. The van der Waals surface area contributed by atoms with E-state index in [2.05, 4.69) is 4.98 Å². The zero-order valence-corrected chi connectivity index (χ0v) is 6.73. The van der Waals surface area contributed by atoms with E-state index in [-0.39, 0.29) is 0 Å². The van der Waals surface area contributed by atoms with Gasteiger partial charge in [-0.1, -0.05) is 0 Å². The van der Waals surface area contributed by atoms with Crippen molar-refractivity contribution in [3.8, 4) is 0 Å². The van der Waals surface area contributed by atoms with Crippen LogP contribution in [0.5, 0.6) is 0 Å². The van der Waals surface area contributed by atoms with Gasteiger partial charge in [0.25, 0.3) is 0 Å². The Morgan fingerprint density at radius 1 is 1.36 bits per heavy atom. The molecule has 0 saturated heterocycles. The van der Waals surface area contributed by atoms with Crippen molar-refractivity contribution >= 4 is 0 Å². The zero-order chi connectivity index (χ0) is 8.27. The van der Waals surface area contributed by atoms with Gasteiger partial charge in [0.2, 0.25) is 0 Å². The summed E-state index contributed by atoms with van der Waals surface area (Å²) in [7, 11) is 3.65. The molecular weight excluding hydrogens is 140 g/mol. The molecule has 11 heavy (non-hydrogen) atoms. The molecule has 0 aliphatic rings. The molecule has 1 N–H and O–H groups in total. The first kappa shape index (κ1) is 8.17. The van der Waals surface area contributed by atoms with E-state index in [1.807, 2.05) is 14.1 Å². The molecular formula is C8H12N2O. The van der Waals surface area contributed by atoms with Crippen molar-refractivity contribution in [3.05, 3.63) is 30.1 Å². The van der Waals surface area contributed by atoms with Gasteiger partial charge < -0.3 is 5.11 Å². The highest BCUT2D eigenvalue weighted by molar-refractivity contribution is 5.11. The maximum absolute atomic E-state index is 9.50. The molecule has 0 aliphatic carbocycles. The Morgan fingerprint density at radius 3 is 2.36 bits per heavy atom. The summed E-state index contributed by atoms with van der Waals surface area (Å²) in [5.41, 5.74) is 0.866. The van der Waals surface area contributed by atoms with Crippen molar-refractivity contribution in [2.75, 3.05) is 14.1 Å². The first-order valence-corrected chi connectivity index (χ1v) is 3.46. The molecule has 0 bridgehead atoms. The molecule has 1 heterocycles. The Labute approximate surface area is 66.3 Å². The molecule has 0 aliphatic heterocycles. The van der Waals surface area contributed by atoms with Crippen molar-refractivity contribution in [2.24, 2.45) is 0 Å². The van der Waals surface area contributed by atoms with Crippen molar-refractivity contribution in [3.63, 3.8) is 0 Å². The lowest BCUT2D eigenvalue weighted by molar-refractivity contribution is 0.0395. The predicted molar refractivity (Wildman–Crippen MR) is 42.9 cm³/mol. The summed E-state index contributed by atoms with van der Waals surface area (Å²) in [5, 5.41) is 9.50. The predicted octanol–water partition coefficient (Wildman–Crippen LogP) is 0.634.